The molecule has 3 nitrogen and oxygen atoms in total. The molecule has 1 N–H and O–H groups in total. The van der Waals surface area contributed by atoms with Gasteiger partial charge in [0.2, 0.25) is 0 Å². The van der Waals surface area contributed by atoms with E-state index in [0.717, 1.165) is 12.1 Å². The number of alkyl halides is 3. The first-order valence-corrected chi connectivity index (χ1v) is 7.06. The minimum atomic E-state index is -4.64. The summed E-state index contributed by atoms with van der Waals surface area (Å²) in [6.07, 6.45) is -4.64. The van der Waals surface area contributed by atoms with Crippen LogP contribution in [0, 0.1) is 0 Å². The van der Waals surface area contributed by atoms with Crippen molar-refractivity contribution in [2.24, 2.45) is 0 Å². The highest BCUT2D eigenvalue weighted by molar-refractivity contribution is 6.31. The van der Waals surface area contributed by atoms with E-state index in [1.54, 1.807) is 18.2 Å². The molecule has 0 saturated heterocycles. The predicted molar refractivity (Wildman–Crippen MR) is 82.0 cm³/mol. The third-order valence-electron chi connectivity index (χ3n) is 2.73. The van der Waals surface area contributed by atoms with Gasteiger partial charge < -0.3 is 10.1 Å². The lowest BCUT2D eigenvalue weighted by molar-refractivity contribution is -0.137. The van der Waals surface area contributed by atoms with E-state index in [1.165, 1.54) is 12.1 Å². The molecule has 0 bridgehead atoms. The smallest absolute Gasteiger partial charge is 0.418 e. The van der Waals surface area contributed by atoms with Crippen molar-refractivity contribution in [3.8, 4) is 5.75 Å². The second-order valence-electron chi connectivity index (χ2n) is 4.48. The first-order chi connectivity index (χ1) is 10.8. The monoisotopic (exact) mass is 363 g/mol. The highest BCUT2D eigenvalue weighted by Gasteiger charge is 2.34. The Hall–Kier alpha value is -1.92. The minimum absolute atomic E-state index is 0.0782. The Morgan fingerprint density at radius 1 is 1.09 bits per heavy atom. The molecule has 0 spiro atoms. The van der Waals surface area contributed by atoms with Crippen molar-refractivity contribution in [3.05, 3.63) is 58.1 Å². The first-order valence-electron chi connectivity index (χ1n) is 6.30. The van der Waals surface area contributed by atoms with Crippen molar-refractivity contribution < 1.29 is 22.7 Å². The molecule has 0 aromatic heterocycles. The summed E-state index contributed by atoms with van der Waals surface area (Å²) in [6, 6.07) is 9.39. The second-order valence-corrected chi connectivity index (χ2v) is 5.35. The van der Waals surface area contributed by atoms with E-state index in [2.05, 4.69) is 5.32 Å². The van der Waals surface area contributed by atoms with Gasteiger partial charge in [-0.1, -0.05) is 29.3 Å². The fourth-order valence-corrected chi connectivity index (χ4v) is 2.10. The van der Waals surface area contributed by atoms with Crippen LogP contribution in [0.3, 0.4) is 0 Å². The van der Waals surface area contributed by atoms with Crippen LogP contribution in [0.4, 0.5) is 18.9 Å². The second kappa shape index (κ2) is 7.10. The lowest BCUT2D eigenvalue weighted by Crippen LogP contribution is -2.22. The molecule has 0 atom stereocenters. The Morgan fingerprint density at radius 3 is 2.43 bits per heavy atom. The number of hydrogen-bond donors (Lipinski definition) is 1. The number of rotatable bonds is 4. The van der Waals surface area contributed by atoms with Gasteiger partial charge in [-0.05, 0) is 36.4 Å². The van der Waals surface area contributed by atoms with Gasteiger partial charge in [0.05, 0.1) is 11.3 Å². The van der Waals surface area contributed by atoms with Crippen LogP contribution >= 0.6 is 23.2 Å². The van der Waals surface area contributed by atoms with Crippen LogP contribution in [0.5, 0.6) is 5.75 Å². The van der Waals surface area contributed by atoms with E-state index in [1.807, 2.05) is 0 Å². The quantitative estimate of drug-likeness (QED) is 0.827. The summed E-state index contributed by atoms with van der Waals surface area (Å²) in [6.45, 7) is -0.458. The molecule has 2 aromatic carbocycles. The van der Waals surface area contributed by atoms with Crippen molar-refractivity contribution in [3.63, 3.8) is 0 Å². The zero-order valence-corrected chi connectivity index (χ0v) is 13.0. The van der Waals surface area contributed by atoms with Crippen LogP contribution in [0.15, 0.2) is 42.5 Å². The Balaban J connectivity index is 2.06. The molecule has 0 radical (unpaired) electrons. The standard InChI is InChI=1S/C15H10Cl2F3NO2/c16-9-2-1-3-11(6-9)23-8-14(22)21-13-5-4-10(17)7-12(13)15(18,19)20/h1-7H,8H2,(H,21,22). The average Bonchev–Trinajstić information content (AvgIpc) is 2.46. The molecule has 2 rings (SSSR count). The molecule has 0 aliphatic heterocycles. The van der Waals surface area contributed by atoms with E-state index >= 15 is 0 Å². The molecule has 8 heteroatoms. The van der Waals surface area contributed by atoms with Gasteiger partial charge in [0.25, 0.3) is 5.91 Å². The summed E-state index contributed by atoms with van der Waals surface area (Å²) >= 11 is 11.3. The number of benzene rings is 2. The number of ether oxygens (including phenoxy) is 1. The van der Waals surface area contributed by atoms with E-state index in [9.17, 15) is 18.0 Å². The van der Waals surface area contributed by atoms with E-state index in [-0.39, 0.29) is 10.7 Å². The molecule has 0 saturated carbocycles. The molecule has 0 aliphatic carbocycles. The number of halogens is 5. The SMILES string of the molecule is O=C(COc1cccc(Cl)c1)Nc1ccc(Cl)cc1C(F)(F)F. The van der Waals surface area contributed by atoms with Crippen molar-refractivity contribution >= 4 is 34.8 Å². The lowest BCUT2D eigenvalue weighted by Gasteiger charge is -2.14. The van der Waals surface area contributed by atoms with Crippen LogP contribution in [0.25, 0.3) is 0 Å². The largest absolute Gasteiger partial charge is 0.484 e. The summed E-state index contributed by atoms with van der Waals surface area (Å²) in [5, 5.41) is 2.49. The Kier molecular flexibility index (Phi) is 5.38. The van der Waals surface area contributed by atoms with Crippen LogP contribution in [-0.2, 0) is 11.0 Å². The number of anilines is 1. The Labute approximate surface area is 140 Å². The van der Waals surface area contributed by atoms with Crippen LogP contribution in [0.1, 0.15) is 5.56 Å². The van der Waals surface area contributed by atoms with E-state index in [4.69, 9.17) is 27.9 Å². The zero-order chi connectivity index (χ0) is 17.0. The number of nitrogens with one attached hydrogen (secondary N) is 1. The maximum Gasteiger partial charge on any atom is 0.418 e. The molecule has 1 amide bonds. The number of hydrogen-bond acceptors (Lipinski definition) is 2. The normalized spacial score (nSPS) is 11.2. The highest BCUT2D eigenvalue weighted by Crippen LogP contribution is 2.36. The van der Waals surface area contributed by atoms with Crippen molar-refractivity contribution in [2.75, 3.05) is 11.9 Å². The fourth-order valence-electron chi connectivity index (χ4n) is 1.75. The van der Waals surface area contributed by atoms with E-state index in [0.29, 0.717) is 10.8 Å². The van der Waals surface area contributed by atoms with Crippen LogP contribution < -0.4 is 10.1 Å². The fraction of sp³-hybridized carbons (Fsp3) is 0.133. The zero-order valence-electron chi connectivity index (χ0n) is 11.5. The molecule has 0 unspecified atom stereocenters. The van der Waals surface area contributed by atoms with Gasteiger partial charge in [0.1, 0.15) is 5.75 Å². The summed E-state index contributed by atoms with van der Waals surface area (Å²) in [4.78, 5) is 11.8. The van der Waals surface area contributed by atoms with Gasteiger partial charge in [-0.15, -0.1) is 0 Å². The van der Waals surface area contributed by atoms with Crippen molar-refractivity contribution in [1.29, 1.82) is 0 Å². The molecule has 23 heavy (non-hydrogen) atoms. The molecule has 0 aliphatic rings. The summed E-state index contributed by atoms with van der Waals surface area (Å²) in [7, 11) is 0. The molecule has 0 fully saturated rings. The summed E-state index contributed by atoms with van der Waals surface area (Å²) in [5.41, 5.74) is -1.41. The maximum absolute atomic E-state index is 12.9. The summed E-state index contributed by atoms with van der Waals surface area (Å²) in [5.74, 6) is -0.405. The molecule has 2 aromatic rings. The summed E-state index contributed by atoms with van der Waals surface area (Å²) < 4.78 is 43.9. The van der Waals surface area contributed by atoms with Gasteiger partial charge in [-0.3, -0.25) is 4.79 Å². The van der Waals surface area contributed by atoms with Crippen molar-refractivity contribution in [1.82, 2.24) is 0 Å². The molecular weight excluding hydrogens is 354 g/mol. The molecular formula is C15H10Cl2F3NO2. The van der Waals surface area contributed by atoms with Crippen LogP contribution in [0.2, 0.25) is 10.0 Å². The van der Waals surface area contributed by atoms with Crippen molar-refractivity contribution in [2.45, 2.75) is 6.18 Å². The number of carbonyl (C=O) groups is 1. The first kappa shape index (κ1) is 17.4. The number of carbonyl (C=O) groups excluding carboxylic acids is 1. The third kappa shape index (κ3) is 5.04. The van der Waals surface area contributed by atoms with Gasteiger partial charge in [-0.25, -0.2) is 0 Å². The van der Waals surface area contributed by atoms with Gasteiger partial charge in [0.15, 0.2) is 6.61 Å². The molecule has 0 heterocycles. The minimum Gasteiger partial charge on any atom is -0.484 e. The topological polar surface area (TPSA) is 38.3 Å². The van der Waals surface area contributed by atoms with Gasteiger partial charge in [-0.2, -0.15) is 13.2 Å². The number of amides is 1. The van der Waals surface area contributed by atoms with Gasteiger partial charge >= 0.3 is 6.18 Å². The highest BCUT2D eigenvalue weighted by atomic mass is 35.5. The van der Waals surface area contributed by atoms with Crippen LogP contribution in [-0.4, -0.2) is 12.5 Å². The average molecular weight is 364 g/mol. The van der Waals surface area contributed by atoms with Gasteiger partial charge in [0, 0.05) is 10.0 Å². The lowest BCUT2D eigenvalue weighted by atomic mass is 10.1. The third-order valence-corrected chi connectivity index (χ3v) is 3.20. The predicted octanol–water partition coefficient (Wildman–Crippen LogP) is 5.03. The Morgan fingerprint density at radius 2 is 1.78 bits per heavy atom. The molecule has 122 valence electrons. The Bertz CT molecular complexity index is 720. The maximum atomic E-state index is 12.9. The van der Waals surface area contributed by atoms with E-state index < -0.39 is 24.3 Å².